The minimum absolute atomic E-state index is 0.127. The normalized spacial score (nSPS) is 10.8. The Balaban J connectivity index is 1.90. The van der Waals surface area contributed by atoms with Crippen LogP contribution >= 0.6 is 0 Å². The number of aromatic nitrogens is 2. The minimum atomic E-state index is -0.127. The third-order valence-electron chi connectivity index (χ3n) is 4.51. The summed E-state index contributed by atoms with van der Waals surface area (Å²) in [6.07, 6.45) is 0. The molecule has 0 atom stereocenters. The van der Waals surface area contributed by atoms with E-state index in [-0.39, 0.29) is 24.0 Å². The molecule has 0 unspecified atom stereocenters. The van der Waals surface area contributed by atoms with Crippen molar-refractivity contribution in [2.24, 2.45) is 0 Å². The maximum atomic E-state index is 13.2. The second-order valence-electron chi connectivity index (χ2n) is 6.42. The van der Waals surface area contributed by atoms with Gasteiger partial charge in [-0.05, 0) is 24.6 Å². The Morgan fingerprint density at radius 3 is 2.43 bits per heavy atom. The highest BCUT2D eigenvalue weighted by molar-refractivity contribution is 6.00. The first kappa shape index (κ1) is 17.7. The van der Waals surface area contributed by atoms with Crippen molar-refractivity contribution in [2.45, 2.75) is 13.5 Å². The molecule has 0 amide bonds. The first-order valence-electron chi connectivity index (χ1n) is 8.94. The van der Waals surface area contributed by atoms with Gasteiger partial charge < -0.3 is 9.94 Å². The Labute approximate surface area is 162 Å². The van der Waals surface area contributed by atoms with Crippen LogP contribution < -0.4 is 9.47 Å². The molecule has 1 aromatic heterocycles. The fourth-order valence-electron chi connectivity index (χ4n) is 3.15. The number of carbonyl (C=O) groups is 1. The van der Waals surface area contributed by atoms with E-state index in [0.717, 1.165) is 10.3 Å². The Hall–Kier alpha value is -3.73. The molecule has 4 aromatic rings. The third-order valence-corrected chi connectivity index (χ3v) is 4.51. The number of carbonyl (C=O) groups excluding carboxylic acids is 1. The molecule has 0 N–H and O–H groups in total. The Morgan fingerprint density at radius 2 is 1.64 bits per heavy atom. The lowest BCUT2D eigenvalue weighted by Crippen LogP contribution is -2.32. The van der Waals surface area contributed by atoms with Gasteiger partial charge in [0.25, 0.3) is 11.6 Å². The number of rotatable bonds is 5. The zero-order valence-corrected chi connectivity index (χ0v) is 15.3. The molecule has 0 saturated heterocycles. The van der Waals surface area contributed by atoms with Crippen LogP contribution in [0.2, 0.25) is 0 Å². The van der Waals surface area contributed by atoms with Gasteiger partial charge in [-0.1, -0.05) is 60.7 Å². The summed E-state index contributed by atoms with van der Waals surface area (Å²) in [6.45, 7) is 1.74. The van der Waals surface area contributed by atoms with E-state index in [1.165, 1.54) is 6.92 Å². The third kappa shape index (κ3) is 3.30. The van der Waals surface area contributed by atoms with E-state index < -0.39 is 0 Å². The van der Waals surface area contributed by atoms with Crippen LogP contribution in [0.4, 0.5) is 0 Å². The monoisotopic (exact) mass is 370 g/mol. The lowest BCUT2D eigenvalue weighted by Gasteiger charge is -2.14. The number of ketones is 1. The molecule has 0 radical (unpaired) electrons. The second-order valence-corrected chi connectivity index (χ2v) is 6.42. The van der Waals surface area contributed by atoms with Gasteiger partial charge >= 0.3 is 0 Å². The summed E-state index contributed by atoms with van der Waals surface area (Å²) < 4.78 is 6.75. The van der Waals surface area contributed by atoms with Crippen molar-refractivity contribution >= 4 is 16.8 Å². The maximum Gasteiger partial charge on any atom is 0.291 e. The molecule has 0 aliphatic heterocycles. The van der Waals surface area contributed by atoms with Gasteiger partial charge in [0.1, 0.15) is 12.1 Å². The number of nitrogens with zero attached hydrogens (tertiary/aromatic N) is 2. The highest BCUT2D eigenvalue weighted by Crippen LogP contribution is 2.30. The van der Waals surface area contributed by atoms with Crippen LogP contribution in [0.5, 0.6) is 5.88 Å². The van der Waals surface area contributed by atoms with Crippen LogP contribution in [0.1, 0.15) is 22.8 Å². The second kappa shape index (κ2) is 7.48. The van der Waals surface area contributed by atoms with Crippen molar-refractivity contribution in [3.05, 3.63) is 95.2 Å². The van der Waals surface area contributed by atoms with Gasteiger partial charge in [0.15, 0.2) is 5.78 Å². The van der Waals surface area contributed by atoms with Gasteiger partial charge in [-0.15, -0.1) is 0 Å². The van der Waals surface area contributed by atoms with Crippen molar-refractivity contribution in [3.63, 3.8) is 0 Å². The molecule has 5 heteroatoms. The molecule has 0 bridgehead atoms. The standard InChI is InChI=1S/C23H18N2O3/c1-16(26)18-11-5-6-12-19(18)22-23(28-15-17-9-3-2-4-10-17)24-20-13-7-8-14-21(20)25(22)27/h2-14H,15H2,1H3. The SMILES string of the molecule is CC(=O)c1ccccc1-c1c(OCc2ccccc2)nc2ccccc2[n+]1[O-]. The van der Waals surface area contributed by atoms with Gasteiger partial charge in [-0.2, -0.15) is 4.73 Å². The Bertz CT molecular complexity index is 1160. The lowest BCUT2D eigenvalue weighted by molar-refractivity contribution is -0.565. The van der Waals surface area contributed by atoms with Gasteiger partial charge in [-0.25, -0.2) is 4.98 Å². The zero-order chi connectivity index (χ0) is 19.5. The highest BCUT2D eigenvalue weighted by atomic mass is 16.5. The Morgan fingerprint density at radius 1 is 0.964 bits per heavy atom. The molecule has 3 aromatic carbocycles. The predicted molar refractivity (Wildman–Crippen MR) is 107 cm³/mol. The number of hydrogen-bond acceptors (Lipinski definition) is 4. The topological polar surface area (TPSA) is 66.1 Å². The summed E-state index contributed by atoms with van der Waals surface area (Å²) in [6, 6.07) is 23.7. The number of hydrogen-bond donors (Lipinski definition) is 0. The molecule has 28 heavy (non-hydrogen) atoms. The summed E-state index contributed by atoms with van der Waals surface area (Å²) >= 11 is 0. The fraction of sp³-hybridized carbons (Fsp3) is 0.0870. The minimum Gasteiger partial charge on any atom is -0.618 e. The van der Waals surface area contributed by atoms with Gasteiger partial charge in [0.2, 0.25) is 5.52 Å². The van der Waals surface area contributed by atoms with Crippen molar-refractivity contribution in [2.75, 3.05) is 0 Å². The van der Waals surface area contributed by atoms with E-state index in [1.807, 2.05) is 36.4 Å². The first-order valence-corrected chi connectivity index (χ1v) is 8.94. The molecule has 138 valence electrons. The lowest BCUT2D eigenvalue weighted by atomic mass is 10.0. The van der Waals surface area contributed by atoms with E-state index in [1.54, 1.807) is 42.5 Å². The zero-order valence-electron chi connectivity index (χ0n) is 15.3. The van der Waals surface area contributed by atoms with E-state index in [2.05, 4.69) is 4.98 Å². The van der Waals surface area contributed by atoms with E-state index in [0.29, 0.717) is 22.2 Å². The molecule has 0 saturated carbocycles. The van der Waals surface area contributed by atoms with E-state index in [9.17, 15) is 10.0 Å². The van der Waals surface area contributed by atoms with Crippen LogP contribution in [-0.2, 0) is 6.61 Å². The van der Waals surface area contributed by atoms with Crippen molar-refractivity contribution in [1.82, 2.24) is 4.98 Å². The number of ether oxygens (including phenoxy) is 1. The van der Waals surface area contributed by atoms with Crippen LogP contribution in [0, 0.1) is 5.21 Å². The largest absolute Gasteiger partial charge is 0.618 e. The first-order chi connectivity index (χ1) is 13.6. The molecule has 0 aliphatic carbocycles. The van der Waals surface area contributed by atoms with Gasteiger partial charge in [-0.3, -0.25) is 4.79 Å². The fourth-order valence-corrected chi connectivity index (χ4v) is 3.15. The van der Waals surface area contributed by atoms with Crippen LogP contribution in [0.15, 0.2) is 78.9 Å². The summed E-state index contributed by atoms with van der Waals surface area (Å²) in [5.74, 6) is 0.0732. The highest BCUT2D eigenvalue weighted by Gasteiger charge is 2.25. The van der Waals surface area contributed by atoms with Crippen LogP contribution in [0.3, 0.4) is 0 Å². The van der Waals surface area contributed by atoms with E-state index >= 15 is 0 Å². The van der Waals surface area contributed by atoms with Crippen LogP contribution in [0.25, 0.3) is 22.3 Å². The predicted octanol–water partition coefficient (Wildman–Crippen LogP) is 4.32. The molecule has 1 heterocycles. The molecular weight excluding hydrogens is 352 g/mol. The number of fused-ring (bicyclic) bond motifs is 1. The Kier molecular flexibility index (Phi) is 4.72. The summed E-state index contributed by atoms with van der Waals surface area (Å²) in [4.78, 5) is 16.7. The molecular formula is C23H18N2O3. The number of benzene rings is 3. The quantitative estimate of drug-likeness (QED) is 0.298. The summed E-state index contributed by atoms with van der Waals surface area (Å²) in [5, 5.41) is 13.2. The molecule has 5 nitrogen and oxygen atoms in total. The molecule has 0 spiro atoms. The van der Waals surface area contributed by atoms with Crippen LogP contribution in [-0.4, -0.2) is 10.8 Å². The van der Waals surface area contributed by atoms with Gasteiger partial charge in [0.05, 0.1) is 5.56 Å². The van der Waals surface area contributed by atoms with Crippen molar-refractivity contribution in [1.29, 1.82) is 0 Å². The molecule has 4 rings (SSSR count). The van der Waals surface area contributed by atoms with Gasteiger partial charge in [0, 0.05) is 11.6 Å². The smallest absolute Gasteiger partial charge is 0.291 e. The number of para-hydroxylation sites is 2. The molecule has 0 fully saturated rings. The average molecular weight is 370 g/mol. The average Bonchev–Trinajstić information content (AvgIpc) is 2.73. The summed E-state index contributed by atoms with van der Waals surface area (Å²) in [5.41, 5.74) is 3.11. The molecule has 0 aliphatic rings. The summed E-state index contributed by atoms with van der Waals surface area (Å²) in [7, 11) is 0. The maximum absolute atomic E-state index is 13.2. The van der Waals surface area contributed by atoms with Crippen molar-refractivity contribution in [3.8, 4) is 17.1 Å². The number of Topliss-reactive ketones (excluding diaryl/α,β-unsaturated/α-hetero) is 1. The van der Waals surface area contributed by atoms with E-state index in [4.69, 9.17) is 4.74 Å². The van der Waals surface area contributed by atoms with Crippen molar-refractivity contribution < 1.29 is 14.3 Å².